The molecule has 1 saturated carbocycles. The maximum Gasteiger partial charge on any atom is 0.251 e. The Labute approximate surface area is 115 Å². The Morgan fingerprint density at radius 3 is 2.74 bits per heavy atom. The first-order chi connectivity index (χ1) is 9.22. The van der Waals surface area contributed by atoms with Gasteiger partial charge in [-0.05, 0) is 57.3 Å². The number of nitrogens with one attached hydrogen (secondary N) is 2. The monoisotopic (exact) mass is 260 g/mol. The molecule has 0 aromatic heterocycles. The summed E-state index contributed by atoms with van der Waals surface area (Å²) in [5, 5.41) is 6.28. The SMILES string of the molecule is CNCCc1ccccc1C(=O)NC(C)C1CCC1. The van der Waals surface area contributed by atoms with E-state index in [0.717, 1.165) is 24.1 Å². The summed E-state index contributed by atoms with van der Waals surface area (Å²) in [6, 6.07) is 8.19. The Balaban J connectivity index is 2.00. The number of hydrogen-bond donors (Lipinski definition) is 2. The normalized spacial score (nSPS) is 16.7. The van der Waals surface area contributed by atoms with Crippen LogP contribution in [0.1, 0.15) is 42.1 Å². The van der Waals surface area contributed by atoms with E-state index in [4.69, 9.17) is 0 Å². The zero-order chi connectivity index (χ0) is 13.7. The summed E-state index contributed by atoms with van der Waals surface area (Å²) >= 11 is 0. The molecule has 0 heterocycles. The minimum absolute atomic E-state index is 0.0751. The maximum absolute atomic E-state index is 12.4. The summed E-state index contributed by atoms with van der Waals surface area (Å²) < 4.78 is 0. The predicted molar refractivity (Wildman–Crippen MR) is 78.3 cm³/mol. The Morgan fingerprint density at radius 1 is 1.37 bits per heavy atom. The first-order valence-corrected chi connectivity index (χ1v) is 7.25. The van der Waals surface area contributed by atoms with Gasteiger partial charge >= 0.3 is 0 Å². The molecule has 2 rings (SSSR count). The average molecular weight is 260 g/mol. The highest BCUT2D eigenvalue weighted by atomic mass is 16.1. The summed E-state index contributed by atoms with van der Waals surface area (Å²) in [4.78, 5) is 12.4. The Kier molecular flexibility index (Phi) is 4.97. The zero-order valence-corrected chi connectivity index (χ0v) is 11.9. The van der Waals surface area contributed by atoms with Gasteiger partial charge in [-0.2, -0.15) is 0 Å². The summed E-state index contributed by atoms with van der Waals surface area (Å²) in [5.74, 6) is 0.750. The fourth-order valence-electron chi connectivity index (χ4n) is 2.56. The van der Waals surface area contributed by atoms with E-state index in [1.807, 2.05) is 31.3 Å². The van der Waals surface area contributed by atoms with Crippen molar-refractivity contribution in [2.24, 2.45) is 5.92 Å². The summed E-state index contributed by atoms with van der Waals surface area (Å²) in [5.41, 5.74) is 1.94. The molecular weight excluding hydrogens is 236 g/mol. The molecule has 0 bridgehead atoms. The van der Waals surface area contributed by atoms with E-state index in [1.165, 1.54) is 19.3 Å². The minimum atomic E-state index is 0.0751. The summed E-state index contributed by atoms with van der Waals surface area (Å²) in [6.07, 6.45) is 4.70. The van der Waals surface area contributed by atoms with Gasteiger partial charge in [-0.15, -0.1) is 0 Å². The van der Waals surface area contributed by atoms with E-state index in [-0.39, 0.29) is 5.91 Å². The van der Waals surface area contributed by atoms with Crippen molar-refractivity contribution in [1.29, 1.82) is 0 Å². The Bertz CT molecular complexity index is 427. The molecule has 1 fully saturated rings. The molecule has 1 aliphatic carbocycles. The lowest BCUT2D eigenvalue weighted by Crippen LogP contribution is -2.41. The predicted octanol–water partition coefficient (Wildman–Crippen LogP) is 2.37. The number of likely N-dealkylation sites (N-methyl/N-ethyl adjacent to an activating group) is 1. The van der Waals surface area contributed by atoms with Crippen molar-refractivity contribution in [1.82, 2.24) is 10.6 Å². The molecule has 104 valence electrons. The third-order valence-electron chi connectivity index (χ3n) is 4.12. The molecule has 0 radical (unpaired) electrons. The summed E-state index contributed by atoms with van der Waals surface area (Å²) in [6.45, 7) is 3.01. The Morgan fingerprint density at radius 2 is 2.11 bits per heavy atom. The molecular formula is C16H24N2O. The van der Waals surface area contributed by atoms with Crippen molar-refractivity contribution in [2.45, 2.75) is 38.6 Å². The minimum Gasteiger partial charge on any atom is -0.349 e. The maximum atomic E-state index is 12.4. The second-order valence-electron chi connectivity index (χ2n) is 5.46. The van der Waals surface area contributed by atoms with Crippen LogP contribution in [0, 0.1) is 5.92 Å². The Hall–Kier alpha value is -1.35. The molecule has 0 spiro atoms. The third-order valence-corrected chi connectivity index (χ3v) is 4.12. The number of amides is 1. The second kappa shape index (κ2) is 6.71. The largest absolute Gasteiger partial charge is 0.349 e. The first-order valence-electron chi connectivity index (χ1n) is 7.25. The van der Waals surface area contributed by atoms with Crippen molar-refractivity contribution in [3.8, 4) is 0 Å². The van der Waals surface area contributed by atoms with Crippen LogP contribution in [0.25, 0.3) is 0 Å². The number of hydrogen-bond acceptors (Lipinski definition) is 2. The lowest BCUT2D eigenvalue weighted by Gasteiger charge is -2.32. The lowest BCUT2D eigenvalue weighted by molar-refractivity contribution is 0.0908. The average Bonchev–Trinajstić information content (AvgIpc) is 2.34. The molecule has 19 heavy (non-hydrogen) atoms. The van der Waals surface area contributed by atoms with Gasteiger partial charge in [0.1, 0.15) is 0 Å². The molecule has 0 saturated heterocycles. The van der Waals surface area contributed by atoms with Crippen molar-refractivity contribution in [3.05, 3.63) is 35.4 Å². The van der Waals surface area contributed by atoms with Crippen molar-refractivity contribution in [2.75, 3.05) is 13.6 Å². The molecule has 0 aliphatic heterocycles. The van der Waals surface area contributed by atoms with Crippen LogP contribution in [0.2, 0.25) is 0 Å². The van der Waals surface area contributed by atoms with Crippen LogP contribution >= 0.6 is 0 Å². The van der Waals surface area contributed by atoms with E-state index in [2.05, 4.69) is 17.6 Å². The molecule has 3 heteroatoms. The standard InChI is InChI=1S/C16H24N2O/c1-12(13-7-5-8-13)18-16(19)15-9-4-3-6-14(15)10-11-17-2/h3-4,6,9,12-13,17H,5,7-8,10-11H2,1-2H3,(H,18,19). The molecule has 3 nitrogen and oxygen atoms in total. The fourth-order valence-corrected chi connectivity index (χ4v) is 2.56. The van der Waals surface area contributed by atoms with Crippen LogP contribution in [-0.4, -0.2) is 25.5 Å². The molecule has 1 aromatic carbocycles. The van der Waals surface area contributed by atoms with Gasteiger partial charge in [-0.3, -0.25) is 4.79 Å². The van der Waals surface area contributed by atoms with Crippen LogP contribution in [0.15, 0.2) is 24.3 Å². The van der Waals surface area contributed by atoms with Crippen LogP contribution in [0.5, 0.6) is 0 Å². The van der Waals surface area contributed by atoms with Crippen LogP contribution in [0.3, 0.4) is 0 Å². The topological polar surface area (TPSA) is 41.1 Å². The smallest absolute Gasteiger partial charge is 0.251 e. The van der Waals surface area contributed by atoms with Gasteiger partial charge in [0.25, 0.3) is 5.91 Å². The number of rotatable bonds is 6. The number of benzene rings is 1. The van der Waals surface area contributed by atoms with Gasteiger partial charge in [0.05, 0.1) is 0 Å². The van der Waals surface area contributed by atoms with Gasteiger partial charge in [-0.25, -0.2) is 0 Å². The molecule has 1 unspecified atom stereocenters. The molecule has 2 N–H and O–H groups in total. The van der Waals surface area contributed by atoms with Crippen molar-refractivity contribution < 1.29 is 4.79 Å². The molecule has 1 aromatic rings. The highest BCUT2D eigenvalue weighted by Crippen LogP contribution is 2.29. The van der Waals surface area contributed by atoms with Gasteiger partial charge < -0.3 is 10.6 Å². The second-order valence-corrected chi connectivity index (χ2v) is 5.46. The summed E-state index contributed by atoms with van der Waals surface area (Å²) in [7, 11) is 1.93. The van der Waals surface area contributed by atoms with Gasteiger partial charge in [-0.1, -0.05) is 24.6 Å². The lowest BCUT2D eigenvalue weighted by atomic mass is 9.80. The quantitative estimate of drug-likeness (QED) is 0.824. The van der Waals surface area contributed by atoms with Crippen LogP contribution in [-0.2, 0) is 6.42 Å². The zero-order valence-electron chi connectivity index (χ0n) is 11.9. The van der Waals surface area contributed by atoms with E-state index in [0.29, 0.717) is 12.0 Å². The van der Waals surface area contributed by atoms with Gasteiger partial charge in [0.15, 0.2) is 0 Å². The van der Waals surface area contributed by atoms with Crippen molar-refractivity contribution >= 4 is 5.91 Å². The first kappa shape index (κ1) is 14.1. The van der Waals surface area contributed by atoms with Gasteiger partial charge in [0.2, 0.25) is 0 Å². The van der Waals surface area contributed by atoms with Gasteiger partial charge in [0, 0.05) is 11.6 Å². The molecule has 1 aliphatic rings. The molecule has 1 atom stereocenters. The number of carbonyl (C=O) groups is 1. The molecule has 1 amide bonds. The highest BCUT2D eigenvalue weighted by molar-refractivity contribution is 5.95. The third kappa shape index (κ3) is 3.57. The van der Waals surface area contributed by atoms with E-state index < -0.39 is 0 Å². The van der Waals surface area contributed by atoms with Crippen LogP contribution in [0.4, 0.5) is 0 Å². The van der Waals surface area contributed by atoms with E-state index in [1.54, 1.807) is 0 Å². The van der Waals surface area contributed by atoms with E-state index >= 15 is 0 Å². The van der Waals surface area contributed by atoms with E-state index in [9.17, 15) is 4.79 Å². The fraction of sp³-hybridized carbons (Fsp3) is 0.562. The van der Waals surface area contributed by atoms with Crippen LogP contribution < -0.4 is 10.6 Å². The number of carbonyl (C=O) groups excluding carboxylic acids is 1. The van der Waals surface area contributed by atoms with Crippen molar-refractivity contribution in [3.63, 3.8) is 0 Å². The highest BCUT2D eigenvalue weighted by Gasteiger charge is 2.25.